The van der Waals surface area contributed by atoms with Crippen LogP contribution in [0.1, 0.15) is 37.2 Å². The largest absolute Gasteiger partial charge is 0.332 e. The highest BCUT2D eigenvalue weighted by molar-refractivity contribution is 7.07. The summed E-state index contributed by atoms with van der Waals surface area (Å²) in [5.41, 5.74) is 1.21. The van der Waals surface area contributed by atoms with E-state index in [1.54, 1.807) is 10.9 Å². The third kappa shape index (κ3) is 2.54. The van der Waals surface area contributed by atoms with E-state index in [-0.39, 0.29) is 5.91 Å². The molecule has 0 aliphatic rings. The zero-order chi connectivity index (χ0) is 11.3. The maximum atomic E-state index is 11.7. The average Bonchev–Trinajstić information content (AvgIpc) is 2.79. The van der Waals surface area contributed by atoms with E-state index in [0.717, 1.165) is 0 Å². The quantitative estimate of drug-likeness (QED) is 0.848. The lowest BCUT2D eigenvalue weighted by Crippen LogP contribution is -2.46. The van der Waals surface area contributed by atoms with Crippen LogP contribution in [0.2, 0.25) is 0 Å². The Morgan fingerprint density at radius 3 is 2.73 bits per heavy atom. The fourth-order valence-corrected chi connectivity index (χ4v) is 1.75. The first-order valence-electron chi connectivity index (χ1n) is 4.79. The standard InChI is InChI=1S/C10H13N3OS/c1-3-10(4-2,6-11)13-9(14)8-5-15-7-12-8/h5,7H,3-4H2,1-2H3,(H,13,14). The van der Waals surface area contributed by atoms with Gasteiger partial charge in [-0.25, -0.2) is 4.98 Å². The maximum absolute atomic E-state index is 11.7. The number of hydrogen-bond donors (Lipinski definition) is 1. The number of nitrogens with zero attached hydrogens (tertiary/aromatic N) is 2. The predicted octanol–water partition coefficient (Wildman–Crippen LogP) is 1.96. The van der Waals surface area contributed by atoms with Crippen LogP contribution in [0, 0.1) is 11.3 Å². The molecule has 1 heterocycles. The van der Waals surface area contributed by atoms with Crippen molar-refractivity contribution < 1.29 is 4.79 Å². The fourth-order valence-electron chi connectivity index (χ4n) is 1.22. The van der Waals surface area contributed by atoms with E-state index in [9.17, 15) is 4.79 Å². The molecular formula is C10H13N3OS. The van der Waals surface area contributed by atoms with E-state index in [1.807, 2.05) is 13.8 Å². The minimum Gasteiger partial charge on any atom is -0.332 e. The van der Waals surface area contributed by atoms with E-state index in [1.165, 1.54) is 11.3 Å². The van der Waals surface area contributed by atoms with Crippen LogP contribution in [0.5, 0.6) is 0 Å². The van der Waals surface area contributed by atoms with E-state index >= 15 is 0 Å². The number of hydrogen-bond acceptors (Lipinski definition) is 4. The van der Waals surface area contributed by atoms with E-state index in [0.29, 0.717) is 18.5 Å². The molecule has 0 unspecified atom stereocenters. The zero-order valence-electron chi connectivity index (χ0n) is 8.78. The van der Waals surface area contributed by atoms with Gasteiger partial charge in [0.25, 0.3) is 5.91 Å². The van der Waals surface area contributed by atoms with Crippen LogP contribution >= 0.6 is 11.3 Å². The van der Waals surface area contributed by atoms with Crippen molar-refractivity contribution in [3.63, 3.8) is 0 Å². The van der Waals surface area contributed by atoms with Crippen LogP contribution in [0.25, 0.3) is 0 Å². The summed E-state index contributed by atoms with van der Waals surface area (Å²) in [4.78, 5) is 15.6. The number of thiazole rings is 1. The summed E-state index contributed by atoms with van der Waals surface area (Å²) >= 11 is 1.36. The van der Waals surface area contributed by atoms with Crippen molar-refractivity contribution in [2.75, 3.05) is 0 Å². The predicted molar refractivity (Wildman–Crippen MR) is 58.5 cm³/mol. The molecule has 1 rings (SSSR count). The lowest BCUT2D eigenvalue weighted by Gasteiger charge is -2.24. The normalized spacial score (nSPS) is 10.7. The van der Waals surface area contributed by atoms with Crippen LogP contribution in [-0.2, 0) is 0 Å². The van der Waals surface area contributed by atoms with Crippen LogP contribution < -0.4 is 5.32 Å². The van der Waals surface area contributed by atoms with Crippen LogP contribution in [0.15, 0.2) is 10.9 Å². The summed E-state index contributed by atoms with van der Waals surface area (Å²) in [6.45, 7) is 3.77. The van der Waals surface area contributed by atoms with Crippen molar-refractivity contribution in [1.82, 2.24) is 10.3 Å². The molecule has 0 bridgehead atoms. The second-order valence-electron chi connectivity index (χ2n) is 3.23. The number of rotatable bonds is 4. The molecule has 0 radical (unpaired) electrons. The number of nitriles is 1. The Balaban J connectivity index is 2.77. The Morgan fingerprint density at radius 1 is 1.67 bits per heavy atom. The third-order valence-electron chi connectivity index (χ3n) is 2.44. The Labute approximate surface area is 92.9 Å². The van der Waals surface area contributed by atoms with Gasteiger partial charge in [-0.15, -0.1) is 11.3 Å². The lowest BCUT2D eigenvalue weighted by molar-refractivity contribution is 0.0911. The maximum Gasteiger partial charge on any atom is 0.271 e. The number of nitrogens with one attached hydrogen (secondary N) is 1. The van der Waals surface area contributed by atoms with Gasteiger partial charge in [0.15, 0.2) is 0 Å². The molecule has 0 aliphatic heterocycles. The van der Waals surface area contributed by atoms with Gasteiger partial charge in [0, 0.05) is 5.38 Å². The molecule has 0 atom stereocenters. The number of aromatic nitrogens is 1. The summed E-state index contributed by atoms with van der Waals surface area (Å²) in [5, 5.41) is 13.4. The molecule has 0 aliphatic carbocycles. The van der Waals surface area contributed by atoms with E-state index in [4.69, 9.17) is 5.26 Å². The molecule has 5 heteroatoms. The summed E-state index contributed by atoms with van der Waals surface area (Å²) in [6, 6.07) is 2.15. The van der Waals surface area contributed by atoms with Crippen molar-refractivity contribution >= 4 is 17.2 Å². The molecule has 15 heavy (non-hydrogen) atoms. The summed E-state index contributed by atoms with van der Waals surface area (Å²) in [6.07, 6.45) is 1.19. The number of amides is 1. The van der Waals surface area contributed by atoms with Gasteiger partial charge >= 0.3 is 0 Å². The molecular weight excluding hydrogens is 210 g/mol. The smallest absolute Gasteiger partial charge is 0.271 e. The highest BCUT2D eigenvalue weighted by atomic mass is 32.1. The minimum atomic E-state index is -0.763. The van der Waals surface area contributed by atoms with Gasteiger partial charge in [0.2, 0.25) is 0 Å². The lowest BCUT2D eigenvalue weighted by atomic mass is 9.94. The molecule has 0 saturated carbocycles. The van der Waals surface area contributed by atoms with Crippen molar-refractivity contribution in [2.24, 2.45) is 0 Å². The molecule has 4 nitrogen and oxygen atoms in total. The van der Waals surface area contributed by atoms with Crippen molar-refractivity contribution in [3.8, 4) is 6.07 Å². The number of carbonyl (C=O) groups is 1. The Bertz CT molecular complexity index is 363. The molecule has 1 aromatic heterocycles. The molecule has 0 saturated heterocycles. The molecule has 0 fully saturated rings. The first-order valence-corrected chi connectivity index (χ1v) is 5.73. The highest BCUT2D eigenvalue weighted by Crippen LogP contribution is 2.14. The van der Waals surface area contributed by atoms with Crippen LogP contribution in [0.3, 0.4) is 0 Å². The topological polar surface area (TPSA) is 65.8 Å². The average molecular weight is 223 g/mol. The fraction of sp³-hybridized carbons (Fsp3) is 0.500. The van der Waals surface area contributed by atoms with Gasteiger partial charge in [-0.3, -0.25) is 4.79 Å². The summed E-state index contributed by atoms with van der Waals surface area (Å²) < 4.78 is 0. The Morgan fingerprint density at radius 2 is 2.33 bits per heavy atom. The summed E-state index contributed by atoms with van der Waals surface area (Å²) in [7, 11) is 0. The molecule has 0 aromatic carbocycles. The number of carbonyl (C=O) groups excluding carboxylic acids is 1. The van der Waals surface area contributed by atoms with Gasteiger partial charge in [-0.2, -0.15) is 5.26 Å². The Kier molecular flexibility index (Phi) is 3.81. The minimum absolute atomic E-state index is 0.276. The zero-order valence-corrected chi connectivity index (χ0v) is 9.60. The van der Waals surface area contributed by atoms with Gasteiger partial charge < -0.3 is 5.32 Å². The van der Waals surface area contributed by atoms with Crippen LogP contribution in [0.4, 0.5) is 0 Å². The highest BCUT2D eigenvalue weighted by Gasteiger charge is 2.28. The second-order valence-corrected chi connectivity index (χ2v) is 3.95. The van der Waals surface area contributed by atoms with Gasteiger partial charge in [-0.1, -0.05) is 13.8 Å². The van der Waals surface area contributed by atoms with Crippen molar-refractivity contribution in [2.45, 2.75) is 32.2 Å². The summed E-state index contributed by atoms with van der Waals surface area (Å²) in [5.74, 6) is -0.276. The van der Waals surface area contributed by atoms with Crippen molar-refractivity contribution in [1.29, 1.82) is 5.26 Å². The first kappa shape index (κ1) is 11.7. The molecule has 1 amide bonds. The van der Waals surface area contributed by atoms with E-state index < -0.39 is 5.54 Å². The van der Waals surface area contributed by atoms with Crippen LogP contribution in [-0.4, -0.2) is 16.4 Å². The molecule has 1 aromatic rings. The first-order chi connectivity index (χ1) is 7.17. The SMILES string of the molecule is CCC(C#N)(CC)NC(=O)c1cscn1. The third-order valence-corrected chi connectivity index (χ3v) is 3.03. The van der Waals surface area contributed by atoms with Gasteiger partial charge in [-0.05, 0) is 12.8 Å². The van der Waals surface area contributed by atoms with Gasteiger partial charge in [0.05, 0.1) is 11.6 Å². The molecule has 1 N–H and O–H groups in total. The van der Waals surface area contributed by atoms with Crippen molar-refractivity contribution in [3.05, 3.63) is 16.6 Å². The molecule has 0 spiro atoms. The monoisotopic (exact) mass is 223 g/mol. The Hall–Kier alpha value is -1.41. The molecule has 80 valence electrons. The van der Waals surface area contributed by atoms with Gasteiger partial charge in [0.1, 0.15) is 11.2 Å². The second kappa shape index (κ2) is 4.89. The van der Waals surface area contributed by atoms with E-state index in [2.05, 4.69) is 16.4 Å².